The molecule has 0 amide bonds. The van der Waals surface area contributed by atoms with Gasteiger partial charge in [-0.05, 0) is 61.1 Å². The third-order valence-corrected chi connectivity index (χ3v) is 7.68. The zero-order valence-corrected chi connectivity index (χ0v) is 22.5. The van der Waals surface area contributed by atoms with Crippen LogP contribution >= 0.6 is 0 Å². The largest absolute Gasteiger partial charge is 0.481 e. The van der Waals surface area contributed by atoms with Gasteiger partial charge in [-0.3, -0.25) is 4.79 Å². The predicted molar refractivity (Wildman–Crippen MR) is 143 cm³/mol. The minimum atomic E-state index is -1.11. The number of carboxylic acid groups (broad SMARTS) is 1. The zero-order valence-electron chi connectivity index (χ0n) is 22.5. The molecule has 0 aromatic heterocycles. The molecule has 0 saturated heterocycles. The number of aliphatic hydroxyl groups excluding tert-OH is 3. The van der Waals surface area contributed by atoms with Crippen molar-refractivity contribution in [3.63, 3.8) is 0 Å². The normalized spacial score (nSPS) is 27.0. The van der Waals surface area contributed by atoms with Crippen molar-refractivity contribution in [3.8, 4) is 5.75 Å². The van der Waals surface area contributed by atoms with Crippen molar-refractivity contribution < 1.29 is 39.5 Å². The van der Waals surface area contributed by atoms with Crippen LogP contribution in [-0.4, -0.2) is 62.9 Å². The van der Waals surface area contributed by atoms with Crippen LogP contribution in [0, 0.1) is 17.8 Å². The van der Waals surface area contributed by atoms with Gasteiger partial charge < -0.3 is 29.9 Å². The number of benzene rings is 1. The lowest BCUT2D eigenvalue weighted by Gasteiger charge is -2.43. The lowest BCUT2D eigenvalue weighted by molar-refractivity contribution is -0.163. The molecule has 3 rings (SSSR count). The fourth-order valence-electron chi connectivity index (χ4n) is 5.68. The Kier molecular flexibility index (Phi) is 10.9. The molecule has 1 aromatic rings. The monoisotopic (exact) mass is 530 g/mol. The van der Waals surface area contributed by atoms with E-state index in [4.69, 9.17) is 14.6 Å². The number of aryl methyl sites for hydroxylation is 1. The van der Waals surface area contributed by atoms with Gasteiger partial charge in [0.1, 0.15) is 11.9 Å². The van der Waals surface area contributed by atoms with Gasteiger partial charge in [-0.1, -0.05) is 57.2 Å². The maximum absolute atomic E-state index is 13.3. The Morgan fingerprint density at radius 2 is 1.87 bits per heavy atom. The summed E-state index contributed by atoms with van der Waals surface area (Å²) in [4.78, 5) is 24.1. The first kappa shape index (κ1) is 29.9. The molecule has 38 heavy (non-hydrogen) atoms. The van der Waals surface area contributed by atoms with E-state index in [2.05, 4.69) is 13.0 Å². The fraction of sp³-hybridized carbons (Fsp3) is 0.600. The number of rotatable bonds is 13. The maximum atomic E-state index is 13.3. The second-order valence-corrected chi connectivity index (χ2v) is 10.5. The summed E-state index contributed by atoms with van der Waals surface area (Å²) in [6.45, 7) is 5.98. The predicted octanol–water partition coefficient (Wildman–Crippen LogP) is 3.81. The Morgan fingerprint density at radius 3 is 2.55 bits per heavy atom. The Hall–Kier alpha value is -2.68. The lowest BCUT2D eigenvalue weighted by atomic mass is 9.66. The Labute approximate surface area is 225 Å². The first-order chi connectivity index (χ1) is 18.1. The molecule has 0 radical (unpaired) electrons. The number of carbonyl (C=O) groups excluding carboxylic acids is 1. The average molecular weight is 531 g/mol. The summed E-state index contributed by atoms with van der Waals surface area (Å²) in [6.07, 6.45) is 3.87. The van der Waals surface area contributed by atoms with E-state index in [1.807, 2.05) is 50.3 Å². The number of esters is 1. The highest BCUT2D eigenvalue weighted by Gasteiger charge is 2.42. The number of carboxylic acids is 1. The first-order valence-corrected chi connectivity index (χ1v) is 13.7. The lowest BCUT2D eigenvalue weighted by Crippen LogP contribution is -2.44. The van der Waals surface area contributed by atoms with E-state index in [9.17, 15) is 24.9 Å². The summed E-state index contributed by atoms with van der Waals surface area (Å²) < 4.78 is 12.1. The van der Waals surface area contributed by atoms with E-state index >= 15 is 0 Å². The van der Waals surface area contributed by atoms with E-state index in [-0.39, 0.29) is 30.6 Å². The van der Waals surface area contributed by atoms with Gasteiger partial charge >= 0.3 is 11.9 Å². The van der Waals surface area contributed by atoms with Gasteiger partial charge in [0, 0.05) is 12.3 Å². The van der Waals surface area contributed by atoms with Crippen LogP contribution in [0.15, 0.2) is 48.1 Å². The molecule has 1 unspecified atom stereocenters. The molecular formula is C30H42O8. The molecule has 0 fully saturated rings. The molecule has 8 nitrogen and oxygen atoms in total. The van der Waals surface area contributed by atoms with Crippen molar-refractivity contribution in [2.45, 2.75) is 96.2 Å². The second-order valence-electron chi connectivity index (χ2n) is 10.5. The number of hydrogen-bond acceptors (Lipinski definition) is 7. The molecule has 0 bridgehead atoms. The van der Waals surface area contributed by atoms with Crippen molar-refractivity contribution in [3.05, 3.63) is 53.6 Å². The van der Waals surface area contributed by atoms with Crippen LogP contribution < -0.4 is 4.74 Å². The van der Waals surface area contributed by atoms with E-state index in [1.54, 1.807) is 0 Å². The summed E-state index contributed by atoms with van der Waals surface area (Å²) in [7, 11) is 0. The van der Waals surface area contributed by atoms with Crippen LogP contribution in [0.2, 0.25) is 0 Å². The molecule has 8 heteroatoms. The molecule has 2 aliphatic rings. The standard InChI is InChI=1S/C30H42O8/c1-4-19-8-6-7-9-26(19)37-25(5-2)30(36)38-27-16-22(32)14-20-11-10-18(3)24(29(20)27)13-12-21(31)15-23(33)17-28(34)35/h6-11,14,18,21-25,27,29,31-33H,4-5,12-13,15-17H2,1-3H3,(H,34,35)/t18-,21+,22+,23+,24-,25?,27-,29-/m0/s1. The SMILES string of the molecule is CCc1ccccc1OC(CC)C(=O)O[C@H]1C[C@H](O)C=C2C=C[C@H](C)[C@H](CC[C@@H](O)C[C@@H](O)CC(=O)O)[C@H]21. The smallest absolute Gasteiger partial charge is 0.347 e. The van der Waals surface area contributed by atoms with Crippen LogP contribution in [0.4, 0.5) is 0 Å². The van der Waals surface area contributed by atoms with Crippen molar-refractivity contribution in [1.82, 2.24) is 0 Å². The number of hydrogen-bond donors (Lipinski definition) is 4. The van der Waals surface area contributed by atoms with Gasteiger partial charge in [-0.2, -0.15) is 0 Å². The number of aliphatic carboxylic acids is 1. The molecule has 0 saturated carbocycles. The highest BCUT2D eigenvalue weighted by Crippen LogP contribution is 2.44. The van der Waals surface area contributed by atoms with E-state index in [0.29, 0.717) is 25.0 Å². The highest BCUT2D eigenvalue weighted by atomic mass is 16.6. The molecule has 8 atom stereocenters. The number of aliphatic hydroxyl groups is 3. The van der Waals surface area contributed by atoms with Crippen LogP contribution in [0.1, 0.15) is 64.9 Å². The van der Waals surface area contributed by atoms with Crippen molar-refractivity contribution >= 4 is 11.9 Å². The van der Waals surface area contributed by atoms with Crippen molar-refractivity contribution in [2.24, 2.45) is 17.8 Å². The van der Waals surface area contributed by atoms with E-state index in [1.165, 1.54) is 0 Å². The summed E-state index contributed by atoms with van der Waals surface area (Å²) in [5.74, 6) is -0.893. The van der Waals surface area contributed by atoms with Gasteiger partial charge in [-0.15, -0.1) is 0 Å². The Morgan fingerprint density at radius 1 is 1.13 bits per heavy atom. The van der Waals surface area contributed by atoms with E-state index < -0.39 is 48.9 Å². The minimum absolute atomic E-state index is 0.0114. The molecular weight excluding hydrogens is 488 g/mol. The fourth-order valence-corrected chi connectivity index (χ4v) is 5.68. The second kappa shape index (κ2) is 13.9. The van der Waals surface area contributed by atoms with Gasteiger partial charge in [0.2, 0.25) is 0 Å². The first-order valence-electron chi connectivity index (χ1n) is 13.7. The summed E-state index contributed by atoms with van der Waals surface area (Å²) in [6, 6.07) is 7.63. The summed E-state index contributed by atoms with van der Waals surface area (Å²) >= 11 is 0. The summed E-state index contributed by atoms with van der Waals surface area (Å²) in [5.41, 5.74) is 1.92. The Balaban J connectivity index is 1.72. The molecule has 210 valence electrons. The van der Waals surface area contributed by atoms with Crippen LogP contribution in [-0.2, 0) is 20.7 Å². The summed E-state index contributed by atoms with van der Waals surface area (Å²) in [5, 5.41) is 39.7. The molecule has 0 aliphatic heterocycles. The molecule has 2 aliphatic carbocycles. The van der Waals surface area contributed by atoms with Crippen LogP contribution in [0.25, 0.3) is 0 Å². The van der Waals surface area contributed by atoms with Crippen LogP contribution in [0.3, 0.4) is 0 Å². The van der Waals surface area contributed by atoms with Gasteiger partial charge in [-0.25, -0.2) is 4.79 Å². The average Bonchev–Trinajstić information content (AvgIpc) is 2.86. The maximum Gasteiger partial charge on any atom is 0.347 e. The highest BCUT2D eigenvalue weighted by molar-refractivity contribution is 5.75. The van der Waals surface area contributed by atoms with Gasteiger partial charge in [0.25, 0.3) is 0 Å². The number of allylic oxidation sites excluding steroid dienone is 2. The zero-order chi connectivity index (χ0) is 27.8. The van der Waals surface area contributed by atoms with Gasteiger partial charge in [0.05, 0.1) is 24.7 Å². The third-order valence-electron chi connectivity index (χ3n) is 7.68. The Bertz CT molecular complexity index is 1000. The van der Waals surface area contributed by atoms with Crippen LogP contribution in [0.5, 0.6) is 5.75 Å². The molecule has 1 aromatic carbocycles. The molecule has 4 N–H and O–H groups in total. The van der Waals surface area contributed by atoms with Crippen molar-refractivity contribution in [1.29, 1.82) is 0 Å². The minimum Gasteiger partial charge on any atom is -0.481 e. The van der Waals surface area contributed by atoms with Crippen molar-refractivity contribution in [2.75, 3.05) is 0 Å². The number of carbonyl (C=O) groups is 2. The molecule has 0 spiro atoms. The number of ether oxygens (including phenoxy) is 2. The number of para-hydroxylation sites is 1. The third kappa shape index (κ3) is 7.91. The topological polar surface area (TPSA) is 134 Å². The molecule has 0 heterocycles. The number of fused-ring (bicyclic) bond motifs is 1. The quantitative estimate of drug-likeness (QED) is 0.283. The van der Waals surface area contributed by atoms with Gasteiger partial charge in [0.15, 0.2) is 6.10 Å². The van der Waals surface area contributed by atoms with E-state index in [0.717, 1.165) is 17.6 Å².